The lowest BCUT2D eigenvalue weighted by molar-refractivity contribution is 0.0947. The SMILES string of the molecule is O=C(NCc1ccncc1)c1cc(Br)ccc1F. The first-order valence-corrected chi connectivity index (χ1v) is 6.08. The maximum Gasteiger partial charge on any atom is 0.254 e. The quantitative estimate of drug-likeness (QED) is 0.947. The Morgan fingerprint density at radius 1 is 1.28 bits per heavy atom. The van der Waals surface area contributed by atoms with E-state index in [1.165, 1.54) is 12.1 Å². The molecule has 0 spiro atoms. The number of halogens is 2. The average molecular weight is 309 g/mol. The minimum absolute atomic E-state index is 0.0263. The van der Waals surface area contributed by atoms with Crippen LogP contribution in [-0.2, 0) is 6.54 Å². The summed E-state index contributed by atoms with van der Waals surface area (Å²) in [6.45, 7) is 0.341. The molecule has 3 nitrogen and oxygen atoms in total. The average Bonchev–Trinajstić information content (AvgIpc) is 2.40. The summed E-state index contributed by atoms with van der Waals surface area (Å²) < 4.78 is 14.1. The molecule has 1 aromatic carbocycles. The van der Waals surface area contributed by atoms with Gasteiger partial charge in [0.1, 0.15) is 5.82 Å². The van der Waals surface area contributed by atoms with E-state index < -0.39 is 11.7 Å². The molecule has 0 bridgehead atoms. The molecule has 18 heavy (non-hydrogen) atoms. The topological polar surface area (TPSA) is 42.0 Å². The highest BCUT2D eigenvalue weighted by Gasteiger charge is 2.11. The fourth-order valence-corrected chi connectivity index (χ4v) is 1.81. The predicted molar refractivity (Wildman–Crippen MR) is 69.5 cm³/mol. The van der Waals surface area contributed by atoms with Crippen LogP contribution in [0.25, 0.3) is 0 Å². The van der Waals surface area contributed by atoms with Crippen molar-refractivity contribution in [1.29, 1.82) is 0 Å². The normalized spacial score (nSPS) is 10.1. The molecule has 1 aromatic heterocycles. The molecule has 0 unspecified atom stereocenters. The van der Waals surface area contributed by atoms with Crippen LogP contribution in [0.2, 0.25) is 0 Å². The predicted octanol–water partition coefficient (Wildman–Crippen LogP) is 2.91. The van der Waals surface area contributed by atoms with Gasteiger partial charge in [-0.25, -0.2) is 4.39 Å². The molecule has 0 aliphatic carbocycles. The molecule has 0 atom stereocenters. The van der Waals surface area contributed by atoms with Gasteiger partial charge < -0.3 is 5.32 Å². The van der Waals surface area contributed by atoms with Crippen molar-refractivity contribution in [2.24, 2.45) is 0 Å². The van der Waals surface area contributed by atoms with Gasteiger partial charge in [-0.15, -0.1) is 0 Å². The van der Waals surface area contributed by atoms with E-state index in [0.717, 1.165) is 5.56 Å². The van der Waals surface area contributed by atoms with Crippen LogP contribution in [0.1, 0.15) is 15.9 Å². The van der Waals surface area contributed by atoms with Gasteiger partial charge in [0.2, 0.25) is 0 Å². The van der Waals surface area contributed by atoms with E-state index in [4.69, 9.17) is 0 Å². The van der Waals surface area contributed by atoms with Gasteiger partial charge in [-0.2, -0.15) is 0 Å². The summed E-state index contributed by atoms with van der Waals surface area (Å²) >= 11 is 3.21. The first-order chi connectivity index (χ1) is 8.66. The Morgan fingerprint density at radius 2 is 2.00 bits per heavy atom. The fraction of sp³-hybridized carbons (Fsp3) is 0.0769. The monoisotopic (exact) mass is 308 g/mol. The highest BCUT2D eigenvalue weighted by Crippen LogP contribution is 2.15. The van der Waals surface area contributed by atoms with Crippen molar-refractivity contribution < 1.29 is 9.18 Å². The third kappa shape index (κ3) is 3.13. The van der Waals surface area contributed by atoms with Crippen LogP contribution < -0.4 is 5.32 Å². The molecule has 0 aliphatic heterocycles. The molecule has 1 amide bonds. The van der Waals surface area contributed by atoms with Crippen molar-refractivity contribution in [2.75, 3.05) is 0 Å². The molecular weight excluding hydrogens is 299 g/mol. The van der Waals surface area contributed by atoms with Crippen LogP contribution in [0.5, 0.6) is 0 Å². The Labute approximate surface area is 112 Å². The minimum atomic E-state index is -0.537. The van der Waals surface area contributed by atoms with Crippen molar-refractivity contribution in [3.05, 3.63) is 64.1 Å². The summed E-state index contributed by atoms with van der Waals surface area (Å²) in [5.41, 5.74) is 0.937. The minimum Gasteiger partial charge on any atom is -0.348 e. The maximum atomic E-state index is 13.5. The molecule has 2 aromatic rings. The van der Waals surface area contributed by atoms with Gasteiger partial charge in [0, 0.05) is 23.4 Å². The number of amides is 1. The second kappa shape index (κ2) is 5.73. The summed E-state index contributed by atoms with van der Waals surface area (Å²) in [7, 11) is 0. The van der Waals surface area contributed by atoms with Crippen LogP contribution in [0, 0.1) is 5.82 Å². The Balaban J connectivity index is 2.06. The summed E-state index contributed by atoms with van der Waals surface area (Å²) in [6, 6.07) is 7.84. The number of rotatable bonds is 3. The molecular formula is C13H10BrFN2O. The lowest BCUT2D eigenvalue weighted by Gasteiger charge is -2.06. The lowest BCUT2D eigenvalue weighted by Crippen LogP contribution is -2.23. The van der Waals surface area contributed by atoms with Crippen molar-refractivity contribution in [1.82, 2.24) is 10.3 Å². The third-order valence-electron chi connectivity index (χ3n) is 2.38. The number of pyridine rings is 1. The molecule has 92 valence electrons. The second-order valence-electron chi connectivity index (χ2n) is 3.66. The summed E-state index contributed by atoms with van der Waals surface area (Å²) in [6.07, 6.45) is 3.28. The Bertz CT molecular complexity index is 560. The van der Waals surface area contributed by atoms with Gasteiger partial charge in [-0.3, -0.25) is 9.78 Å². The van der Waals surface area contributed by atoms with Crippen LogP contribution in [-0.4, -0.2) is 10.9 Å². The summed E-state index contributed by atoms with van der Waals surface area (Å²) in [5, 5.41) is 2.66. The number of aromatic nitrogens is 1. The zero-order valence-corrected chi connectivity index (χ0v) is 10.9. The molecule has 0 radical (unpaired) electrons. The van der Waals surface area contributed by atoms with Crippen molar-refractivity contribution >= 4 is 21.8 Å². The van der Waals surface area contributed by atoms with Crippen LogP contribution in [0.15, 0.2) is 47.2 Å². The number of hydrogen-bond donors (Lipinski definition) is 1. The molecule has 5 heteroatoms. The number of nitrogens with zero attached hydrogens (tertiary/aromatic N) is 1. The van der Waals surface area contributed by atoms with E-state index in [9.17, 15) is 9.18 Å². The van der Waals surface area contributed by atoms with Crippen molar-refractivity contribution in [2.45, 2.75) is 6.54 Å². The Hall–Kier alpha value is -1.75. The molecule has 1 heterocycles. The highest BCUT2D eigenvalue weighted by molar-refractivity contribution is 9.10. The highest BCUT2D eigenvalue weighted by atomic mass is 79.9. The summed E-state index contributed by atoms with van der Waals surface area (Å²) in [5.74, 6) is -0.976. The largest absolute Gasteiger partial charge is 0.348 e. The maximum absolute atomic E-state index is 13.5. The van der Waals surface area contributed by atoms with Crippen molar-refractivity contribution in [3.8, 4) is 0 Å². The smallest absolute Gasteiger partial charge is 0.254 e. The van der Waals surface area contributed by atoms with Crippen LogP contribution >= 0.6 is 15.9 Å². The van der Waals surface area contributed by atoms with E-state index in [1.807, 2.05) is 0 Å². The standard InChI is InChI=1S/C13H10BrFN2O/c14-10-1-2-12(15)11(7-10)13(18)17-8-9-3-5-16-6-4-9/h1-7H,8H2,(H,17,18). The van der Waals surface area contributed by atoms with Crippen LogP contribution in [0.4, 0.5) is 4.39 Å². The first kappa shape index (κ1) is 12.7. The lowest BCUT2D eigenvalue weighted by atomic mass is 10.2. The molecule has 1 N–H and O–H groups in total. The van der Waals surface area contributed by atoms with E-state index in [2.05, 4.69) is 26.2 Å². The Morgan fingerprint density at radius 3 is 2.72 bits per heavy atom. The van der Waals surface area contributed by atoms with Gasteiger partial charge in [0.05, 0.1) is 5.56 Å². The molecule has 0 aliphatic rings. The number of benzene rings is 1. The van der Waals surface area contributed by atoms with Gasteiger partial charge in [0.15, 0.2) is 0 Å². The number of nitrogens with one attached hydrogen (secondary N) is 1. The fourth-order valence-electron chi connectivity index (χ4n) is 1.45. The first-order valence-electron chi connectivity index (χ1n) is 5.29. The summed E-state index contributed by atoms with van der Waals surface area (Å²) in [4.78, 5) is 15.7. The Kier molecular flexibility index (Phi) is 4.04. The number of carbonyl (C=O) groups excluding carboxylic acids is 1. The number of carbonyl (C=O) groups is 1. The van der Waals surface area contributed by atoms with E-state index in [-0.39, 0.29) is 5.56 Å². The second-order valence-corrected chi connectivity index (χ2v) is 4.58. The van der Waals surface area contributed by atoms with Crippen molar-refractivity contribution in [3.63, 3.8) is 0 Å². The molecule has 2 rings (SSSR count). The van der Waals surface area contributed by atoms with E-state index in [1.54, 1.807) is 30.6 Å². The van der Waals surface area contributed by atoms with Gasteiger partial charge in [-0.1, -0.05) is 15.9 Å². The van der Waals surface area contributed by atoms with Gasteiger partial charge in [0.25, 0.3) is 5.91 Å². The molecule has 0 fully saturated rings. The van der Waals surface area contributed by atoms with Gasteiger partial charge >= 0.3 is 0 Å². The molecule has 0 saturated carbocycles. The van der Waals surface area contributed by atoms with Gasteiger partial charge in [-0.05, 0) is 35.9 Å². The van der Waals surface area contributed by atoms with E-state index in [0.29, 0.717) is 11.0 Å². The van der Waals surface area contributed by atoms with E-state index >= 15 is 0 Å². The van der Waals surface area contributed by atoms with Crippen LogP contribution in [0.3, 0.4) is 0 Å². The zero-order valence-electron chi connectivity index (χ0n) is 9.36. The third-order valence-corrected chi connectivity index (χ3v) is 2.87. The zero-order chi connectivity index (χ0) is 13.0. The number of hydrogen-bond acceptors (Lipinski definition) is 2. The molecule has 0 saturated heterocycles.